The number of nitriles is 1. The van der Waals surface area contributed by atoms with Gasteiger partial charge in [0.05, 0.1) is 11.6 Å². The van der Waals surface area contributed by atoms with E-state index in [1.54, 1.807) is 12.1 Å². The second kappa shape index (κ2) is 6.25. The third-order valence-electron chi connectivity index (χ3n) is 3.93. The van der Waals surface area contributed by atoms with Crippen LogP contribution in [0.25, 0.3) is 0 Å². The number of hydrogen-bond donors (Lipinski definition) is 1. The number of aromatic nitrogens is 1. The number of nitrogens with zero attached hydrogens (tertiary/aromatic N) is 2. The van der Waals surface area contributed by atoms with Crippen molar-refractivity contribution >= 4 is 17.4 Å². The largest absolute Gasteiger partial charge is 0.367 e. The maximum atomic E-state index is 8.97. The number of hydrogen-bond acceptors (Lipinski definition) is 3. The summed E-state index contributed by atoms with van der Waals surface area (Å²) in [4.78, 5) is 4.27. The van der Waals surface area contributed by atoms with Crippen LogP contribution >= 0.6 is 11.6 Å². The molecular weight excluding hydrogens is 258 g/mol. The lowest BCUT2D eigenvalue weighted by Gasteiger charge is -2.35. The fourth-order valence-corrected chi connectivity index (χ4v) is 3.17. The average Bonchev–Trinajstić information content (AvgIpc) is 2.38. The van der Waals surface area contributed by atoms with E-state index in [-0.39, 0.29) is 0 Å². The first kappa shape index (κ1) is 14.1. The minimum absolute atomic E-state index is 0.374. The van der Waals surface area contributed by atoms with Crippen LogP contribution in [0.3, 0.4) is 0 Å². The van der Waals surface area contributed by atoms with Crippen molar-refractivity contribution in [2.45, 2.75) is 45.6 Å². The van der Waals surface area contributed by atoms with Crippen LogP contribution in [0, 0.1) is 23.2 Å². The molecule has 0 radical (unpaired) electrons. The number of halogens is 1. The first-order valence-corrected chi connectivity index (χ1v) is 7.32. The molecule has 1 saturated carbocycles. The van der Waals surface area contributed by atoms with Crippen LogP contribution in [-0.2, 0) is 0 Å². The van der Waals surface area contributed by atoms with E-state index in [1.165, 1.54) is 25.7 Å². The Kier molecular flexibility index (Phi) is 4.66. The molecule has 1 aliphatic rings. The van der Waals surface area contributed by atoms with E-state index in [0.29, 0.717) is 28.6 Å². The Balaban J connectivity index is 2.15. The highest BCUT2D eigenvalue weighted by atomic mass is 35.5. The number of anilines is 1. The molecule has 2 rings (SSSR count). The molecular formula is C15H20ClN3. The molecule has 1 aromatic rings. The summed E-state index contributed by atoms with van der Waals surface area (Å²) >= 11 is 5.94. The van der Waals surface area contributed by atoms with Gasteiger partial charge in [0.2, 0.25) is 0 Å². The van der Waals surface area contributed by atoms with E-state index in [1.807, 2.05) is 0 Å². The maximum absolute atomic E-state index is 8.97. The highest BCUT2D eigenvalue weighted by Gasteiger charge is 2.27. The molecule has 19 heavy (non-hydrogen) atoms. The monoisotopic (exact) mass is 277 g/mol. The fraction of sp³-hybridized carbons (Fsp3) is 0.600. The minimum atomic E-state index is 0.374. The van der Waals surface area contributed by atoms with E-state index in [9.17, 15) is 0 Å². The highest BCUT2D eigenvalue weighted by molar-refractivity contribution is 6.29. The zero-order valence-electron chi connectivity index (χ0n) is 11.5. The van der Waals surface area contributed by atoms with Crippen molar-refractivity contribution in [3.63, 3.8) is 0 Å². The summed E-state index contributed by atoms with van der Waals surface area (Å²) in [7, 11) is 0. The summed E-state index contributed by atoms with van der Waals surface area (Å²) in [6.07, 6.45) is 5.00. The summed E-state index contributed by atoms with van der Waals surface area (Å²) in [5.74, 6) is 2.05. The Morgan fingerprint density at radius 2 is 2.11 bits per heavy atom. The summed E-state index contributed by atoms with van der Waals surface area (Å²) in [6.45, 7) is 4.55. The quantitative estimate of drug-likeness (QED) is 0.841. The van der Waals surface area contributed by atoms with E-state index in [2.05, 4.69) is 30.2 Å². The van der Waals surface area contributed by atoms with Crippen LogP contribution in [-0.4, -0.2) is 11.0 Å². The first-order chi connectivity index (χ1) is 9.10. The van der Waals surface area contributed by atoms with Crippen molar-refractivity contribution < 1.29 is 0 Å². The van der Waals surface area contributed by atoms with Crippen LogP contribution in [0.5, 0.6) is 0 Å². The van der Waals surface area contributed by atoms with Crippen molar-refractivity contribution in [1.29, 1.82) is 5.26 Å². The van der Waals surface area contributed by atoms with Crippen molar-refractivity contribution in [2.24, 2.45) is 11.8 Å². The molecule has 1 aromatic heterocycles. The zero-order chi connectivity index (χ0) is 13.8. The second-order valence-corrected chi connectivity index (χ2v) is 6.01. The Morgan fingerprint density at radius 1 is 1.37 bits per heavy atom. The Labute approximate surface area is 120 Å². The molecule has 1 N–H and O–H groups in total. The van der Waals surface area contributed by atoms with Crippen LogP contribution in [0.2, 0.25) is 5.15 Å². The molecule has 0 bridgehead atoms. The van der Waals surface area contributed by atoms with Crippen molar-refractivity contribution in [3.05, 3.63) is 22.8 Å². The average molecular weight is 278 g/mol. The van der Waals surface area contributed by atoms with Gasteiger partial charge in [-0.25, -0.2) is 4.98 Å². The molecule has 1 heterocycles. The Morgan fingerprint density at radius 3 is 2.79 bits per heavy atom. The van der Waals surface area contributed by atoms with E-state index in [4.69, 9.17) is 16.9 Å². The van der Waals surface area contributed by atoms with Gasteiger partial charge >= 0.3 is 0 Å². The van der Waals surface area contributed by atoms with Gasteiger partial charge in [-0.3, -0.25) is 0 Å². The molecule has 102 valence electrons. The molecule has 1 fully saturated rings. The first-order valence-electron chi connectivity index (χ1n) is 6.94. The SMILES string of the molecule is CC(C)C1CCCCC1Nc1cc(C#N)cc(Cl)n1. The molecule has 4 heteroatoms. The lowest BCUT2D eigenvalue weighted by Crippen LogP contribution is -2.35. The summed E-state index contributed by atoms with van der Waals surface area (Å²) < 4.78 is 0. The van der Waals surface area contributed by atoms with Gasteiger partial charge < -0.3 is 5.32 Å². The lowest BCUT2D eigenvalue weighted by molar-refractivity contribution is 0.253. The molecule has 3 nitrogen and oxygen atoms in total. The van der Waals surface area contributed by atoms with E-state index < -0.39 is 0 Å². The Hall–Kier alpha value is -1.27. The standard InChI is InChI=1S/C15H20ClN3/c1-10(2)12-5-3-4-6-13(12)18-15-8-11(9-17)7-14(16)19-15/h7-8,10,12-13H,3-6H2,1-2H3,(H,18,19). The predicted molar refractivity (Wildman–Crippen MR) is 78.2 cm³/mol. The maximum Gasteiger partial charge on any atom is 0.132 e. The molecule has 1 aliphatic carbocycles. The van der Waals surface area contributed by atoms with Gasteiger partial charge in [0, 0.05) is 6.04 Å². The van der Waals surface area contributed by atoms with Crippen molar-refractivity contribution in [1.82, 2.24) is 4.98 Å². The van der Waals surface area contributed by atoms with E-state index in [0.717, 1.165) is 5.82 Å². The van der Waals surface area contributed by atoms with Crippen LogP contribution in [0.4, 0.5) is 5.82 Å². The van der Waals surface area contributed by atoms with Gasteiger partial charge in [0.1, 0.15) is 11.0 Å². The molecule has 0 aliphatic heterocycles. The smallest absolute Gasteiger partial charge is 0.132 e. The predicted octanol–water partition coefficient (Wildman–Crippen LogP) is 4.23. The summed E-state index contributed by atoms with van der Waals surface area (Å²) in [6, 6.07) is 5.92. The van der Waals surface area contributed by atoms with Crippen LogP contribution in [0.1, 0.15) is 45.1 Å². The van der Waals surface area contributed by atoms with Crippen LogP contribution < -0.4 is 5.32 Å². The normalized spacial score (nSPS) is 23.1. The lowest BCUT2D eigenvalue weighted by atomic mass is 9.78. The fourth-order valence-electron chi connectivity index (χ4n) is 2.96. The molecule has 0 amide bonds. The van der Waals surface area contributed by atoms with Crippen molar-refractivity contribution in [3.8, 4) is 6.07 Å². The third kappa shape index (κ3) is 3.61. The van der Waals surface area contributed by atoms with Gasteiger partial charge in [-0.1, -0.05) is 38.3 Å². The van der Waals surface area contributed by atoms with Gasteiger partial charge in [0.25, 0.3) is 0 Å². The zero-order valence-corrected chi connectivity index (χ0v) is 12.2. The molecule has 0 aromatic carbocycles. The number of pyridine rings is 1. The topological polar surface area (TPSA) is 48.7 Å². The van der Waals surface area contributed by atoms with Crippen molar-refractivity contribution in [2.75, 3.05) is 5.32 Å². The van der Waals surface area contributed by atoms with Gasteiger partial charge in [-0.15, -0.1) is 0 Å². The molecule has 0 saturated heterocycles. The summed E-state index contributed by atoms with van der Waals surface area (Å²) in [5.41, 5.74) is 0.555. The van der Waals surface area contributed by atoms with Gasteiger partial charge in [-0.2, -0.15) is 5.26 Å². The number of nitrogens with one attached hydrogen (secondary N) is 1. The molecule has 0 spiro atoms. The van der Waals surface area contributed by atoms with Gasteiger partial charge in [0.15, 0.2) is 0 Å². The van der Waals surface area contributed by atoms with Gasteiger partial charge in [-0.05, 0) is 36.8 Å². The van der Waals surface area contributed by atoms with E-state index >= 15 is 0 Å². The minimum Gasteiger partial charge on any atom is -0.367 e. The van der Waals surface area contributed by atoms with Crippen LogP contribution in [0.15, 0.2) is 12.1 Å². The third-order valence-corrected chi connectivity index (χ3v) is 4.13. The summed E-state index contributed by atoms with van der Waals surface area (Å²) in [5, 5.41) is 12.8. The molecule has 2 unspecified atom stereocenters. The molecule has 2 atom stereocenters. The Bertz CT molecular complexity index is 479. The highest BCUT2D eigenvalue weighted by Crippen LogP contribution is 2.32. The second-order valence-electron chi connectivity index (χ2n) is 5.62. The number of rotatable bonds is 3.